The van der Waals surface area contributed by atoms with Crippen LogP contribution in [0.25, 0.3) is 0 Å². The molecule has 76 valence electrons. The van der Waals surface area contributed by atoms with Crippen molar-refractivity contribution in [2.24, 2.45) is 0 Å². The van der Waals surface area contributed by atoms with Crippen molar-refractivity contribution in [2.45, 2.75) is 19.4 Å². The number of aliphatic hydroxyl groups excluding tert-OH is 1. The minimum atomic E-state index is -1.26. The monoisotopic (exact) mass is 190 g/mol. The van der Waals surface area contributed by atoms with Gasteiger partial charge in [0.05, 0.1) is 6.61 Å². The van der Waals surface area contributed by atoms with Gasteiger partial charge >= 0.3 is 12.0 Å². The predicted octanol–water partition coefficient (Wildman–Crippen LogP) is -0.859. The number of urea groups is 1. The summed E-state index contributed by atoms with van der Waals surface area (Å²) in [4.78, 5) is 21.2. The average molecular weight is 190 g/mol. The number of carboxylic acids is 1. The van der Waals surface area contributed by atoms with E-state index >= 15 is 0 Å². The quantitative estimate of drug-likeness (QED) is 0.453. The number of hydrogen-bond acceptors (Lipinski definition) is 3. The van der Waals surface area contributed by atoms with Crippen molar-refractivity contribution in [2.75, 3.05) is 13.2 Å². The van der Waals surface area contributed by atoms with E-state index in [9.17, 15) is 9.59 Å². The summed E-state index contributed by atoms with van der Waals surface area (Å²) in [5, 5.41) is 21.5. The second-order valence-electron chi connectivity index (χ2n) is 2.47. The Hall–Kier alpha value is -1.30. The van der Waals surface area contributed by atoms with Crippen molar-refractivity contribution in [3.05, 3.63) is 0 Å². The van der Waals surface area contributed by atoms with Crippen molar-refractivity contribution < 1.29 is 19.8 Å². The predicted molar refractivity (Wildman–Crippen MR) is 45.3 cm³/mol. The van der Waals surface area contributed by atoms with Gasteiger partial charge in [-0.1, -0.05) is 6.92 Å². The molecule has 0 aliphatic rings. The molecular formula is C7H14N2O4. The fraction of sp³-hybridized carbons (Fsp3) is 0.714. The highest BCUT2D eigenvalue weighted by Gasteiger charge is 2.17. The highest BCUT2D eigenvalue weighted by Crippen LogP contribution is 1.82. The summed E-state index contributed by atoms with van der Waals surface area (Å²) in [6.07, 6.45) is 0.768. The van der Waals surface area contributed by atoms with Crippen molar-refractivity contribution in [3.63, 3.8) is 0 Å². The lowest BCUT2D eigenvalue weighted by Gasteiger charge is -2.11. The Balaban J connectivity index is 3.80. The minimum Gasteiger partial charge on any atom is -0.480 e. The minimum absolute atomic E-state index is 0.476. The number of carbonyl (C=O) groups excluding carboxylic acids is 1. The molecule has 0 rings (SSSR count). The van der Waals surface area contributed by atoms with Gasteiger partial charge < -0.3 is 20.8 Å². The fourth-order valence-corrected chi connectivity index (χ4v) is 0.633. The number of hydrogen-bond donors (Lipinski definition) is 4. The summed E-state index contributed by atoms with van der Waals surface area (Å²) < 4.78 is 0. The van der Waals surface area contributed by atoms with E-state index in [-0.39, 0.29) is 0 Å². The molecule has 1 unspecified atom stereocenters. The molecule has 4 N–H and O–H groups in total. The van der Waals surface area contributed by atoms with Crippen LogP contribution in [0.1, 0.15) is 13.3 Å². The molecule has 0 heterocycles. The molecule has 0 saturated heterocycles. The highest BCUT2D eigenvalue weighted by atomic mass is 16.4. The Labute approximate surface area is 75.9 Å². The summed E-state index contributed by atoms with van der Waals surface area (Å²) in [5.74, 6) is -1.26. The second-order valence-corrected chi connectivity index (χ2v) is 2.47. The van der Waals surface area contributed by atoms with Gasteiger partial charge in [-0.15, -0.1) is 0 Å². The maximum Gasteiger partial charge on any atom is 0.328 e. The number of rotatable bonds is 5. The Morgan fingerprint density at radius 2 is 2.08 bits per heavy atom. The molecular weight excluding hydrogens is 176 g/mol. The van der Waals surface area contributed by atoms with Crippen molar-refractivity contribution >= 4 is 12.0 Å². The molecule has 13 heavy (non-hydrogen) atoms. The highest BCUT2D eigenvalue weighted by molar-refractivity contribution is 5.82. The van der Waals surface area contributed by atoms with Gasteiger partial charge in [0.2, 0.25) is 0 Å². The van der Waals surface area contributed by atoms with Crippen LogP contribution in [0.5, 0.6) is 0 Å². The average Bonchev–Trinajstić information content (AvgIpc) is 2.10. The molecule has 1 atom stereocenters. The van der Waals surface area contributed by atoms with E-state index < -0.39 is 24.6 Å². The van der Waals surface area contributed by atoms with Crippen molar-refractivity contribution in [3.8, 4) is 0 Å². The van der Waals surface area contributed by atoms with Gasteiger partial charge in [-0.2, -0.15) is 0 Å². The zero-order chi connectivity index (χ0) is 10.3. The number of carbonyl (C=O) groups is 2. The van der Waals surface area contributed by atoms with Gasteiger partial charge in [-0.05, 0) is 6.42 Å². The summed E-state index contributed by atoms with van der Waals surface area (Å²) in [6, 6.07) is -1.82. The van der Waals surface area contributed by atoms with Gasteiger partial charge in [0.15, 0.2) is 6.04 Å². The second kappa shape index (κ2) is 6.24. The molecule has 0 aromatic carbocycles. The summed E-state index contributed by atoms with van der Waals surface area (Å²) in [6.45, 7) is 1.74. The summed E-state index contributed by atoms with van der Waals surface area (Å²) in [5.41, 5.74) is 0. The first-order chi connectivity index (χ1) is 6.11. The Bertz CT molecular complexity index is 183. The van der Waals surface area contributed by atoms with Gasteiger partial charge in [-0.25, -0.2) is 9.59 Å². The lowest BCUT2D eigenvalue weighted by molar-refractivity contribution is -0.140. The number of nitrogens with one attached hydrogen (secondary N) is 2. The lowest BCUT2D eigenvalue weighted by atomic mass is 10.3. The number of amides is 2. The first-order valence-electron chi connectivity index (χ1n) is 3.99. The maximum absolute atomic E-state index is 10.9. The van der Waals surface area contributed by atoms with E-state index in [1.165, 1.54) is 0 Å². The molecule has 0 fully saturated rings. The third kappa shape index (κ3) is 5.02. The van der Waals surface area contributed by atoms with E-state index in [1.54, 1.807) is 0 Å². The SMILES string of the molecule is CCCNC(=O)NC(CO)C(=O)O. The van der Waals surface area contributed by atoms with Crippen LogP contribution in [-0.4, -0.2) is 41.4 Å². The molecule has 0 radical (unpaired) electrons. The maximum atomic E-state index is 10.9. The Kier molecular flexibility index (Phi) is 5.62. The lowest BCUT2D eigenvalue weighted by Crippen LogP contribution is -2.48. The number of aliphatic carboxylic acids is 1. The van der Waals surface area contributed by atoms with Crippen LogP contribution in [-0.2, 0) is 4.79 Å². The van der Waals surface area contributed by atoms with Gasteiger partial charge in [0, 0.05) is 6.54 Å². The van der Waals surface area contributed by atoms with Crippen LogP contribution >= 0.6 is 0 Å². The molecule has 0 saturated carbocycles. The van der Waals surface area contributed by atoms with Crippen molar-refractivity contribution in [1.82, 2.24) is 10.6 Å². The first-order valence-corrected chi connectivity index (χ1v) is 3.99. The van der Waals surface area contributed by atoms with Crippen LogP contribution in [0.3, 0.4) is 0 Å². The van der Waals surface area contributed by atoms with Crippen molar-refractivity contribution in [1.29, 1.82) is 0 Å². The van der Waals surface area contributed by atoms with E-state index in [1.807, 2.05) is 6.92 Å². The number of aliphatic hydroxyl groups is 1. The molecule has 2 amide bonds. The number of carboxylic acid groups (broad SMARTS) is 1. The summed E-state index contributed by atoms with van der Waals surface area (Å²) in [7, 11) is 0. The molecule has 0 aliphatic carbocycles. The van der Waals surface area contributed by atoms with Gasteiger partial charge in [0.25, 0.3) is 0 Å². The van der Waals surface area contributed by atoms with Crippen LogP contribution < -0.4 is 10.6 Å². The van der Waals surface area contributed by atoms with E-state index in [0.29, 0.717) is 6.54 Å². The Morgan fingerprint density at radius 3 is 2.46 bits per heavy atom. The molecule has 0 aromatic heterocycles. The van der Waals surface area contributed by atoms with E-state index in [2.05, 4.69) is 10.6 Å². The van der Waals surface area contributed by atoms with Gasteiger partial charge in [-0.3, -0.25) is 0 Å². The fourth-order valence-electron chi connectivity index (χ4n) is 0.633. The van der Waals surface area contributed by atoms with Gasteiger partial charge in [0.1, 0.15) is 0 Å². The zero-order valence-corrected chi connectivity index (χ0v) is 7.41. The van der Waals surface area contributed by atoms with Crippen LogP contribution in [0.2, 0.25) is 0 Å². The normalized spacial score (nSPS) is 11.8. The van der Waals surface area contributed by atoms with Crippen LogP contribution in [0, 0.1) is 0 Å². The molecule has 0 spiro atoms. The standard InChI is InChI=1S/C7H14N2O4/c1-2-3-8-7(13)9-5(4-10)6(11)12/h5,10H,2-4H2,1H3,(H,11,12)(H2,8,9,13). The third-order valence-electron chi connectivity index (χ3n) is 1.32. The molecule has 0 bridgehead atoms. The largest absolute Gasteiger partial charge is 0.480 e. The topological polar surface area (TPSA) is 98.7 Å². The zero-order valence-electron chi connectivity index (χ0n) is 7.41. The smallest absolute Gasteiger partial charge is 0.328 e. The molecule has 0 aromatic rings. The Morgan fingerprint density at radius 1 is 1.46 bits per heavy atom. The van der Waals surface area contributed by atoms with E-state index in [0.717, 1.165) is 6.42 Å². The molecule has 6 nitrogen and oxygen atoms in total. The first kappa shape index (κ1) is 11.7. The molecule has 0 aliphatic heterocycles. The third-order valence-corrected chi connectivity index (χ3v) is 1.32. The summed E-state index contributed by atoms with van der Waals surface area (Å²) >= 11 is 0. The van der Waals surface area contributed by atoms with Crippen LogP contribution in [0.15, 0.2) is 0 Å². The molecule has 6 heteroatoms. The van der Waals surface area contributed by atoms with Crippen LogP contribution in [0.4, 0.5) is 4.79 Å². The van der Waals surface area contributed by atoms with E-state index in [4.69, 9.17) is 10.2 Å².